The molecule has 29 heavy (non-hydrogen) atoms. The molecule has 1 amide bonds. The number of hydrogen-bond acceptors (Lipinski definition) is 6. The van der Waals surface area contributed by atoms with E-state index in [0.29, 0.717) is 30.4 Å². The molecule has 1 saturated heterocycles. The van der Waals surface area contributed by atoms with Gasteiger partial charge in [-0.2, -0.15) is 4.98 Å². The largest absolute Gasteiger partial charge is 0.368 e. The van der Waals surface area contributed by atoms with E-state index < -0.39 is 0 Å². The topological polar surface area (TPSA) is 75.4 Å². The first-order valence-corrected chi connectivity index (χ1v) is 10.6. The van der Waals surface area contributed by atoms with Gasteiger partial charge >= 0.3 is 0 Å². The van der Waals surface area contributed by atoms with Gasteiger partial charge in [0, 0.05) is 60.2 Å². The van der Waals surface area contributed by atoms with E-state index in [2.05, 4.69) is 48.1 Å². The molecule has 5 rings (SSSR count). The molecule has 2 aromatic heterocycles. The monoisotopic (exact) mass is 453 g/mol. The molecule has 2 aliphatic rings. The molecule has 3 aromatic rings. The SMILES string of the molecule is O=C(c1cncc(Br)c1)N1CCN(c2ccc(-c3noc(C4CC4)n3)cc2)CC1. The van der Waals surface area contributed by atoms with Gasteiger partial charge < -0.3 is 14.3 Å². The average molecular weight is 454 g/mol. The van der Waals surface area contributed by atoms with Crippen LogP contribution >= 0.6 is 15.9 Å². The van der Waals surface area contributed by atoms with Crippen LogP contribution in [0, 0.1) is 0 Å². The Labute approximate surface area is 176 Å². The summed E-state index contributed by atoms with van der Waals surface area (Å²) in [5.74, 6) is 1.89. The Balaban J connectivity index is 1.22. The van der Waals surface area contributed by atoms with Crippen molar-refractivity contribution in [1.29, 1.82) is 0 Å². The number of aromatic nitrogens is 3. The number of nitrogens with zero attached hydrogens (tertiary/aromatic N) is 5. The van der Waals surface area contributed by atoms with E-state index in [0.717, 1.165) is 47.5 Å². The normalized spacial score (nSPS) is 16.9. The standard InChI is InChI=1S/C21H20BrN5O2/c22-17-11-16(12-23-13-17)21(28)27-9-7-26(8-10-27)18-5-3-14(4-6-18)19-24-20(29-25-19)15-1-2-15/h3-6,11-13,15H,1-2,7-10H2. The highest BCUT2D eigenvalue weighted by molar-refractivity contribution is 9.10. The van der Waals surface area contributed by atoms with Crippen LogP contribution in [-0.2, 0) is 0 Å². The summed E-state index contributed by atoms with van der Waals surface area (Å²) in [6.45, 7) is 2.95. The summed E-state index contributed by atoms with van der Waals surface area (Å²) >= 11 is 3.37. The maximum absolute atomic E-state index is 12.7. The molecule has 8 heteroatoms. The Morgan fingerprint density at radius 1 is 1.07 bits per heavy atom. The number of hydrogen-bond donors (Lipinski definition) is 0. The number of amides is 1. The number of carbonyl (C=O) groups is 1. The van der Waals surface area contributed by atoms with Gasteiger partial charge in [0.15, 0.2) is 0 Å². The lowest BCUT2D eigenvalue weighted by molar-refractivity contribution is 0.0746. The molecule has 0 atom stereocenters. The Morgan fingerprint density at radius 2 is 1.83 bits per heavy atom. The van der Waals surface area contributed by atoms with Crippen molar-refractivity contribution < 1.29 is 9.32 Å². The minimum absolute atomic E-state index is 0.0253. The lowest BCUT2D eigenvalue weighted by atomic mass is 10.1. The number of anilines is 1. The van der Waals surface area contributed by atoms with Crippen LogP contribution in [-0.4, -0.2) is 52.1 Å². The maximum atomic E-state index is 12.7. The third-order valence-corrected chi connectivity index (χ3v) is 5.81. The molecule has 1 aliphatic heterocycles. The van der Waals surface area contributed by atoms with Crippen molar-refractivity contribution in [1.82, 2.24) is 20.0 Å². The van der Waals surface area contributed by atoms with Crippen LogP contribution in [0.1, 0.15) is 35.0 Å². The van der Waals surface area contributed by atoms with Crippen molar-refractivity contribution >= 4 is 27.5 Å². The van der Waals surface area contributed by atoms with Crippen LogP contribution in [0.2, 0.25) is 0 Å². The van der Waals surface area contributed by atoms with Crippen LogP contribution in [0.15, 0.2) is 51.7 Å². The minimum Gasteiger partial charge on any atom is -0.368 e. The summed E-state index contributed by atoms with van der Waals surface area (Å²) in [6, 6.07) is 10.0. The molecule has 0 N–H and O–H groups in total. The predicted molar refractivity (Wildman–Crippen MR) is 112 cm³/mol. The van der Waals surface area contributed by atoms with Crippen molar-refractivity contribution in [2.45, 2.75) is 18.8 Å². The summed E-state index contributed by atoms with van der Waals surface area (Å²) < 4.78 is 6.16. The fourth-order valence-corrected chi connectivity index (χ4v) is 3.91. The van der Waals surface area contributed by atoms with E-state index in [-0.39, 0.29) is 5.91 Å². The molecule has 2 fully saturated rings. The minimum atomic E-state index is 0.0253. The van der Waals surface area contributed by atoms with Gasteiger partial charge in [-0.1, -0.05) is 5.16 Å². The van der Waals surface area contributed by atoms with Crippen molar-refractivity contribution in [3.05, 3.63) is 58.7 Å². The van der Waals surface area contributed by atoms with E-state index >= 15 is 0 Å². The first kappa shape index (κ1) is 18.3. The van der Waals surface area contributed by atoms with Crippen molar-refractivity contribution in [3.8, 4) is 11.4 Å². The quantitative estimate of drug-likeness (QED) is 0.598. The molecule has 7 nitrogen and oxygen atoms in total. The van der Waals surface area contributed by atoms with Gasteiger partial charge in [0.2, 0.25) is 11.7 Å². The first-order valence-electron chi connectivity index (χ1n) is 9.76. The third kappa shape index (κ3) is 3.89. The Kier molecular flexibility index (Phi) is 4.79. The van der Waals surface area contributed by atoms with Crippen LogP contribution in [0.25, 0.3) is 11.4 Å². The second-order valence-electron chi connectivity index (χ2n) is 7.45. The summed E-state index contributed by atoms with van der Waals surface area (Å²) in [5.41, 5.74) is 2.71. The number of halogens is 1. The van der Waals surface area contributed by atoms with Gasteiger partial charge in [-0.3, -0.25) is 9.78 Å². The number of rotatable bonds is 4. The molecular weight excluding hydrogens is 434 g/mol. The summed E-state index contributed by atoms with van der Waals surface area (Å²) in [5, 5.41) is 4.10. The highest BCUT2D eigenvalue weighted by Gasteiger charge is 2.30. The lowest BCUT2D eigenvalue weighted by Gasteiger charge is -2.36. The third-order valence-electron chi connectivity index (χ3n) is 5.38. The molecule has 148 valence electrons. The highest BCUT2D eigenvalue weighted by atomic mass is 79.9. The molecule has 3 heterocycles. The van der Waals surface area contributed by atoms with Crippen LogP contribution in [0.4, 0.5) is 5.69 Å². The van der Waals surface area contributed by atoms with Gasteiger partial charge in [0.05, 0.1) is 5.56 Å². The van der Waals surface area contributed by atoms with Crippen LogP contribution in [0.5, 0.6) is 0 Å². The highest BCUT2D eigenvalue weighted by Crippen LogP contribution is 2.39. The smallest absolute Gasteiger partial charge is 0.255 e. The molecule has 0 spiro atoms. The van der Waals surface area contributed by atoms with Crippen LogP contribution < -0.4 is 4.90 Å². The maximum Gasteiger partial charge on any atom is 0.255 e. The van der Waals surface area contributed by atoms with E-state index in [1.54, 1.807) is 12.4 Å². The van der Waals surface area contributed by atoms with E-state index in [4.69, 9.17) is 4.52 Å². The molecule has 1 aromatic carbocycles. The summed E-state index contributed by atoms with van der Waals surface area (Å²) in [4.78, 5) is 25.4. The van der Waals surface area contributed by atoms with Gasteiger partial charge in [0.1, 0.15) is 0 Å². The van der Waals surface area contributed by atoms with Gasteiger partial charge in [-0.25, -0.2) is 0 Å². The molecule has 0 bridgehead atoms. The fourth-order valence-electron chi connectivity index (χ4n) is 3.55. The number of pyridine rings is 1. The Bertz CT molecular complexity index is 1020. The molecular formula is C21H20BrN5O2. The zero-order valence-electron chi connectivity index (χ0n) is 15.8. The first-order chi connectivity index (χ1) is 14.2. The zero-order valence-corrected chi connectivity index (χ0v) is 17.4. The van der Waals surface area contributed by atoms with Gasteiger partial charge in [-0.15, -0.1) is 0 Å². The molecule has 0 radical (unpaired) electrons. The van der Waals surface area contributed by atoms with E-state index in [1.807, 2.05) is 23.1 Å². The molecule has 1 saturated carbocycles. The number of benzene rings is 1. The number of carbonyl (C=O) groups excluding carboxylic acids is 1. The molecule has 0 unspecified atom stereocenters. The van der Waals surface area contributed by atoms with Crippen molar-refractivity contribution in [2.24, 2.45) is 0 Å². The zero-order chi connectivity index (χ0) is 19.8. The second-order valence-corrected chi connectivity index (χ2v) is 8.36. The van der Waals surface area contributed by atoms with Crippen LogP contribution in [0.3, 0.4) is 0 Å². The van der Waals surface area contributed by atoms with E-state index in [9.17, 15) is 4.79 Å². The van der Waals surface area contributed by atoms with Crippen molar-refractivity contribution in [2.75, 3.05) is 31.1 Å². The lowest BCUT2D eigenvalue weighted by Crippen LogP contribution is -2.48. The Hall–Kier alpha value is -2.74. The van der Waals surface area contributed by atoms with Gasteiger partial charge in [-0.05, 0) is 59.1 Å². The second kappa shape index (κ2) is 7.59. The molecule has 1 aliphatic carbocycles. The van der Waals surface area contributed by atoms with E-state index in [1.165, 1.54) is 0 Å². The fraction of sp³-hybridized carbons (Fsp3) is 0.333. The predicted octanol–water partition coefficient (Wildman–Crippen LogP) is 3.73. The van der Waals surface area contributed by atoms with Crippen molar-refractivity contribution in [3.63, 3.8) is 0 Å². The number of piperazine rings is 1. The Morgan fingerprint density at radius 3 is 2.52 bits per heavy atom. The summed E-state index contributed by atoms with van der Waals surface area (Å²) in [6.07, 6.45) is 5.59. The average Bonchev–Trinajstić information content (AvgIpc) is 3.50. The summed E-state index contributed by atoms with van der Waals surface area (Å²) in [7, 11) is 0. The van der Waals surface area contributed by atoms with Gasteiger partial charge in [0.25, 0.3) is 5.91 Å².